The summed E-state index contributed by atoms with van der Waals surface area (Å²) in [6.45, 7) is 5.85. The molecule has 0 aromatic carbocycles. The Morgan fingerprint density at radius 2 is 1.50 bits per heavy atom. The molecule has 1 saturated heterocycles. The maximum atomic E-state index is 12.6. The zero-order valence-corrected chi connectivity index (χ0v) is 11.1. The van der Waals surface area contributed by atoms with Crippen molar-refractivity contribution < 1.29 is 9.59 Å². The number of carbonyl (C=O) groups excluding carboxylic acids is 2. The molecule has 2 bridgehead atoms. The standard InChI is InChI=1S/C15H19NO2/c1-14(2,3)16-12(17)10-8-4-5-9(11(10)13(16)18)15(8)6-7-15/h4-5,8-11H,6-7H2,1-3H3. The summed E-state index contributed by atoms with van der Waals surface area (Å²) >= 11 is 0. The van der Waals surface area contributed by atoms with E-state index >= 15 is 0 Å². The Labute approximate surface area is 107 Å². The van der Waals surface area contributed by atoms with E-state index in [1.807, 2.05) is 20.8 Å². The highest BCUT2D eigenvalue weighted by atomic mass is 16.2. The van der Waals surface area contributed by atoms with Crippen LogP contribution in [0.4, 0.5) is 0 Å². The number of hydrogen-bond donors (Lipinski definition) is 0. The van der Waals surface area contributed by atoms with Gasteiger partial charge in [0.05, 0.1) is 11.8 Å². The Balaban J connectivity index is 1.79. The molecular formula is C15H19NO2. The van der Waals surface area contributed by atoms with Crippen molar-refractivity contribution in [2.75, 3.05) is 0 Å². The molecule has 0 radical (unpaired) electrons. The van der Waals surface area contributed by atoms with Crippen LogP contribution in [0.25, 0.3) is 0 Å². The van der Waals surface area contributed by atoms with Gasteiger partial charge in [-0.2, -0.15) is 0 Å². The average Bonchev–Trinajstić information content (AvgIpc) is 2.83. The van der Waals surface area contributed by atoms with Crippen molar-refractivity contribution >= 4 is 11.8 Å². The monoisotopic (exact) mass is 245 g/mol. The maximum Gasteiger partial charge on any atom is 0.234 e. The van der Waals surface area contributed by atoms with Gasteiger partial charge < -0.3 is 0 Å². The summed E-state index contributed by atoms with van der Waals surface area (Å²) in [4.78, 5) is 26.8. The second-order valence-electron chi connectivity index (χ2n) is 7.40. The van der Waals surface area contributed by atoms with Gasteiger partial charge in [-0.25, -0.2) is 0 Å². The Morgan fingerprint density at radius 3 is 1.83 bits per heavy atom. The van der Waals surface area contributed by atoms with Crippen molar-refractivity contribution in [1.82, 2.24) is 4.90 Å². The predicted molar refractivity (Wildman–Crippen MR) is 66.4 cm³/mol. The molecule has 0 aromatic rings. The fourth-order valence-electron chi connectivity index (χ4n) is 4.74. The lowest BCUT2D eigenvalue weighted by Crippen LogP contribution is -2.47. The molecule has 3 aliphatic carbocycles. The van der Waals surface area contributed by atoms with Gasteiger partial charge in [0.1, 0.15) is 0 Å². The van der Waals surface area contributed by atoms with E-state index in [1.54, 1.807) is 0 Å². The topological polar surface area (TPSA) is 37.4 Å². The molecule has 1 heterocycles. The second kappa shape index (κ2) is 2.73. The van der Waals surface area contributed by atoms with Crippen LogP contribution in [0.1, 0.15) is 33.6 Å². The van der Waals surface area contributed by atoms with Gasteiger partial charge in [0.25, 0.3) is 0 Å². The number of nitrogens with zero attached hydrogens (tertiary/aromatic N) is 1. The van der Waals surface area contributed by atoms with E-state index in [9.17, 15) is 9.59 Å². The largest absolute Gasteiger partial charge is 0.277 e. The lowest BCUT2D eigenvalue weighted by atomic mass is 9.85. The van der Waals surface area contributed by atoms with Crippen LogP contribution in [0.5, 0.6) is 0 Å². The molecular weight excluding hydrogens is 226 g/mol. The summed E-state index contributed by atoms with van der Waals surface area (Å²) in [5.41, 5.74) is -0.0702. The first-order chi connectivity index (χ1) is 8.38. The Bertz CT molecular complexity index is 461. The third kappa shape index (κ3) is 0.952. The van der Waals surface area contributed by atoms with Crippen LogP contribution in [-0.2, 0) is 9.59 Å². The SMILES string of the molecule is CC(C)(C)N1C(=O)C2C(C1=O)C1C=CC2C12CC2. The molecule has 4 atom stereocenters. The van der Waals surface area contributed by atoms with Crippen molar-refractivity contribution in [2.45, 2.75) is 39.2 Å². The van der Waals surface area contributed by atoms with Crippen molar-refractivity contribution in [3.8, 4) is 0 Å². The van der Waals surface area contributed by atoms with Gasteiger partial charge in [-0.05, 0) is 50.9 Å². The molecule has 96 valence electrons. The smallest absolute Gasteiger partial charge is 0.234 e. The molecule has 3 nitrogen and oxygen atoms in total. The molecule has 1 aliphatic heterocycles. The molecule has 4 unspecified atom stereocenters. The number of carbonyl (C=O) groups is 2. The minimum Gasteiger partial charge on any atom is -0.277 e. The molecule has 0 N–H and O–H groups in total. The van der Waals surface area contributed by atoms with E-state index in [0.717, 1.165) is 0 Å². The lowest BCUT2D eigenvalue weighted by Gasteiger charge is -2.32. The van der Waals surface area contributed by atoms with E-state index in [-0.39, 0.29) is 29.2 Å². The fourth-order valence-corrected chi connectivity index (χ4v) is 4.74. The maximum absolute atomic E-state index is 12.6. The summed E-state index contributed by atoms with van der Waals surface area (Å²) in [6.07, 6.45) is 6.85. The number of hydrogen-bond acceptors (Lipinski definition) is 2. The summed E-state index contributed by atoms with van der Waals surface area (Å²) in [6, 6.07) is 0. The van der Waals surface area contributed by atoms with E-state index in [1.165, 1.54) is 17.7 Å². The van der Waals surface area contributed by atoms with Gasteiger partial charge in [-0.1, -0.05) is 12.2 Å². The Kier molecular flexibility index (Phi) is 1.63. The van der Waals surface area contributed by atoms with Crippen LogP contribution in [-0.4, -0.2) is 22.3 Å². The summed E-state index contributed by atoms with van der Waals surface area (Å²) in [7, 11) is 0. The highest BCUT2D eigenvalue weighted by molar-refractivity contribution is 6.07. The van der Waals surface area contributed by atoms with Gasteiger partial charge in [0.2, 0.25) is 11.8 Å². The van der Waals surface area contributed by atoms with E-state index in [2.05, 4.69) is 12.2 Å². The van der Waals surface area contributed by atoms with Crippen molar-refractivity contribution in [2.24, 2.45) is 29.1 Å². The van der Waals surface area contributed by atoms with Crippen LogP contribution in [0.2, 0.25) is 0 Å². The van der Waals surface area contributed by atoms with Gasteiger partial charge in [-0.15, -0.1) is 0 Å². The zero-order chi connectivity index (χ0) is 12.9. The third-order valence-electron chi connectivity index (χ3n) is 5.52. The normalized spacial score (nSPS) is 43.2. The Morgan fingerprint density at radius 1 is 1.06 bits per heavy atom. The van der Waals surface area contributed by atoms with Crippen molar-refractivity contribution in [3.05, 3.63) is 12.2 Å². The first-order valence-electron chi connectivity index (χ1n) is 6.94. The fraction of sp³-hybridized carbons (Fsp3) is 0.733. The van der Waals surface area contributed by atoms with Crippen LogP contribution >= 0.6 is 0 Å². The molecule has 2 amide bonds. The van der Waals surface area contributed by atoms with Gasteiger partial charge in [-0.3, -0.25) is 14.5 Å². The van der Waals surface area contributed by atoms with Crippen LogP contribution < -0.4 is 0 Å². The molecule has 3 heteroatoms. The molecule has 1 spiro atoms. The van der Waals surface area contributed by atoms with Crippen molar-refractivity contribution in [3.63, 3.8) is 0 Å². The quantitative estimate of drug-likeness (QED) is 0.483. The molecule has 0 aromatic heterocycles. The predicted octanol–water partition coefficient (Wildman–Crippen LogP) is 1.98. The van der Waals surface area contributed by atoms with E-state index < -0.39 is 0 Å². The lowest BCUT2D eigenvalue weighted by molar-refractivity contribution is -0.146. The molecule has 4 rings (SSSR count). The number of rotatable bonds is 0. The van der Waals surface area contributed by atoms with E-state index in [0.29, 0.717) is 17.3 Å². The van der Waals surface area contributed by atoms with Crippen LogP contribution in [0.3, 0.4) is 0 Å². The summed E-state index contributed by atoms with van der Waals surface area (Å²) < 4.78 is 0. The minimum atomic E-state index is -0.380. The van der Waals surface area contributed by atoms with Gasteiger partial charge in [0, 0.05) is 5.54 Å². The number of amides is 2. The summed E-state index contributed by atoms with van der Waals surface area (Å²) in [5, 5.41) is 0. The average molecular weight is 245 g/mol. The highest BCUT2D eigenvalue weighted by Crippen LogP contribution is 2.73. The number of imide groups is 1. The van der Waals surface area contributed by atoms with Gasteiger partial charge in [0.15, 0.2) is 0 Å². The second-order valence-corrected chi connectivity index (χ2v) is 7.40. The molecule has 4 aliphatic rings. The first-order valence-corrected chi connectivity index (χ1v) is 6.94. The molecule has 3 fully saturated rings. The van der Waals surface area contributed by atoms with Crippen molar-refractivity contribution in [1.29, 1.82) is 0 Å². The molecule has 18 heavy (non-hydrogen) atoms. The number of fused-ring (bicyclic) bond motifs is 3. The minimum absolute atomic E-state index is 0.0470. The highest BCUT2D eigenvalue weighted by Gasteiger charge is 2.73. The summed E-state index contributed by atoms with van der Waals surface area (Å²) in [5.74, 6) is 0.761. The Hall–Kier alpha value is -1.12. The van der Waals surface area contributed by atoms with Crippen LogP contribution in [0, 0.1) is 29.1 Å². The van der Waals surface area contributed by atoms with Crippen LogP contribution in [0.15, 0.2) is 12.2 Å². The zero-order valence-electron chi connectivity index (χ0n) is 11.1. The molecule has 2 saturated carbocycles. The first kappa shape index (κ1) is 10.8. The van der Waals surface area contributed by atoms with E-state index in [4.69, 9.17) is 0 Å². The third-order valence-corrected chi connectivity index (χ3v) is 5.52. The number of allylic oxidation sites excluding steroid dienone is 2. The van der Waals surface area contributed by atoms with Gasteiger partial charge >= 0.3 is 0 Å². The number of likely N-dealkylation sites (tertiary alicyclic amines) is 1.